The summed E-state index contributed by atoms with van der Waals surface area (Å²) in [6.45, 7) is 2.89. The summed E-state index contributed by atoms with van der Waals surface area (Å²) in [5.41, 5.74) is 2.87. The Morgan fingerprint density at radius 3 is 3.00 bits per heavy atom. The molecule has 2 N–H and O–H groups in total. The third-order valence-corrected chi connectivity index (χ3v) is 4.11. The summed E-state index contributed by atoms with van der Waals surface area (Å²) >= 11 is 0. The monoisotopic (exact) mass is 338 g/mol. The van der Waals surface area contributed by atoms with Crippen LogP contribution in [0.3, 0.4) is 0 Å². The Morgan fingerprint density at radius 1 is 1.32 bits per heavy atom. The fourth-order valence-corrected chi connectivity index (χ4v) is 2.72. The van der Waals surface area contributed by atoms with Crippen molar-refractivity contribution >= 4 is 17.7 Å². The van der Waals surface area contributed by atoms with Gasteiger partial charge >= 0.3 is 0 Å². The molecule has 3 rings (SSSR count). The van der Waals surface area contributed by atoms with E-state index in [1.54, 1.807) is 7.11 Å². The lowest BCUT2D eigenvalue weighted by Gasteiger charge is -2.20. The van der Waals surface area contributed by atoms with Crippen molar-refractivity contribution in [2.75, 3.05) is 25.6 Å². The van der Waals surface area contributed by atoms with E-state index < -0.39 is 0 Å². The van der Waals surface area contributed by atoms with Crippen LogP contribution in [0.2, 0.25) is 0 Å². The van der Waals surface area contributed by atoms with Crippen molar-refractivity contribution in [2.45, 2.75) is 13.0 Å². The SMILES string of the molecule is COc1ccccc1C=CCNC(C)c1ccc2c(c1)NC(=O)CO2. The highest BCUT2D eigenvalue weighted by Gasteiger charge is 2.17. The number of methoxy groups -OCH3 is 1. The summed E-state index contributed by atoms with van der Waals surface area (Å²) in [7, 11) is 1.67. The second-order valence-corrected chi connectivity index (χ2v) is 5.87. The second-order valence-electron chi connectivity index (χ2n) is 5.87. The number of para-hydroxylation sites is 1. The number of benzene rings is 2. The number of anilines is 1. The molecule has 5 heteroatoms. The van der Waals surface area contributed by atoms with E-state index >= 15 is 0 Å². The Kier molecular flexibility index (Phi) is 5.36. The summed E-state index contributed by atoms with van der Waals surface area (Å²) in [4.78, 5) is 11.4. The highest BCUT2D eigenvalue weighted by molar-refractivity contribution is 5.95. The lowest BCUT2D eigenvalue weighted by atomic mass is 10.1. The van der Waals surface area contributed by atoms with Gasteiger partial charge in [0, 0.05) is 18.2 Å². The quantitative estimate of drug-likeness (QED) is 0.848. The number of hydrogen-bond donors (Lipinski definition) is 2. The largest absolute Gasteiger partial charge is 0.496 e. The van der Waals surface area contributed by atoms with Crippen LogP contribution in [0.15, 0.2) is 48.5 Å². The maximum Gasteiger partial charge on any atom is 0.262 e. The zero-order valence-electron chi connectivity index (χ0n) is 14.4. The van der Waals surface area contributed by atoms with Crippen molar-refractivity contribution in [1.82, 2.24) is 5.32 Å². The molecule has 2 aromatic carbocycles. The molecule has 25 heavy (non-hydrogen) atoms. The first kappa shape index (κ1) is 17.0. The van der Waals surface area contributed by atoms with Crippen LogP contribution < -0.4 is 20.1 Å². The van der Waals surface area contributed by atoms with Crippen LogP contribution in [0.1, 0.15) is 24.1 Å². The van der Waals surface area contributed by atoms with Gasteiger partial charge in [0.05, 0.1) is 12.8 Å². The van der Waals surface area contributed by atoms with Crippen LogP contribution in [0.25, 0.3) is 6.08 Å². The summed E-state index contributed by atoms with van der Waals surface area (Å²) in [5.74, 6) is 1.45. The average molecular weight is 338 g/mol. The molecule has 0 saturated carbocycles. The maximum atomic E-state index is 11.4. The molecule has 5 nitrogen and oxygen atoms in total. The number of ether oxygens (including phenoxy) is 2. The fourth-order valence-electron chi connectivity index (χ4n) is 2.72. The third-order valence-electron chi connectivity index (χ3n) is 4.11. The summed E-state index contributed by atoms with van der Waals surface area (Å²) in [6, 6.07) is 13.9. The number of rotatable bonds is 6. The van der Waals surface area contributed by atoms with Crippen LogP contribution in [0.5, 0.6) is 11.5 Å². The van der Waals surface area contributed by atoms with Gasteiger partial charge in [0.1, 0.15) is 11.5 Å². The van der Waals surface area contributed by atoms with Crippen LogP contribution in [0, 0.1) is 0 Å². The van der Waals surface area contributed by atoms with Crippen molar-refractivity contribution in [3.8, 4) is 11.5 Å². The van der Waals surface area contributed by atoms with Gasteiger partial charge in [-0.15, -0.1) is 0 Å². The van der Waals surface area contributed by atoms with Gasteiger partial charge in [0.25, 0.3) is 5.91 Å². The van der Waals surface area contributed by atoms with Gasteiger partial charge in [0.15, 0.2) is 6.61 Å². The second kappa shape index (κ2) is 7.85. The molecule has 1 amide bonds. The first-order valence-corrected chi connectivity index (χ1v) is 8.27. The Hall–Kier alpha value is -2.79. The van der Waals surface area contributed by atoms with Crippen LogP contribution in [-0.2, 0) is 4.79 Å². The predicted molar refractivity (Wildman–Crippen MR) is 99.0 cm³/mol. The number of hydrogen-bond acceptors (Lipinski definition) is 4. The molecule has 2 aromatic rings. The standard InChI is InChI=1S/C20H22N2O3/c1-14(16-9-10-19-17(12-16)22-20(23)13-25-19)21-11-5-7-15-6-3-4-8-18(15)24-2/h3-10,12,14,21H,11,13H2,1-2H3,(H,22,23). The first-order chi connectivity index (χ1) is 12.2. The molecule has 0 aliphatic carbocycles. The molecule has 1 atom stereocenters. The molecular formula is C20H22N2O3. The van der Waals surface area contributed by atoms with Gasteiger partial charge in [0.2, 0.25) is 0 Å². The van der Waals surface area contributed by atoms with E-state index in [0.717, 1.165) is 29.1 Å². The lowest BCUT2D eigenvalue weighted by Crippen LogP contribution is -2.26. The van der Waals surface area contributed by atoms with E-state index in [-0.39, 0.29) is 18.6 Å². The number of fused-ring (bicyclic) bond motifs is 1. The molecule has 1 heterocycles. The van der Waals surface area contributed by atoms with Crippen LogP contribution >= 0.6 is 0 Å². The van der Waals surface area contributed by atoms with Crippen molar-refractivity contribution in [1.29, 1.82) is 0 Å². The minimum absolute atomic E-state index is 0.0773. The van der Waals surface area contributed by atoms with E-state index in [2.05, 4.69) is 23.6 Å². The van der Waals surface area contributed by atoms with E-state index in [1.807, 2.05) is 48.5 Å². The molecule has 1 aliphatic rings. The van der Waals surface area contributed by atoms with Crippen molar-refractivity contribution in [3.05, 3.63) is 59.7 Å². The van der Waals surface area contributed by atoms with Gasteiger partial charge in [-0.25, -0.2) is 0 Å². The number of carbonyl (C=O) groups is 1. The minimum Gasteiger partial charge on any atom is -0.496 e. The summed E-state index contributed by atoms with van der Waals surface area (Å²) in [5, 5.41) is 6.28. The molecular weight excluding hydrogens is 316 g/mol. The van der Waals surface area contributed by atoms with Gasteiger partial charge in [-0.05, 0) is 30.7 Å². The maximum absolute atomic E-state index is 11.4. The summed E-state index contributed by atoms with van der Waals surface area (Å²) < 4.78 is 10.7. The van der Waals surface area contributed by atoms with E-state index in [9.17, 15) is 4.79 Å². The van der Waals surface area contributed by atoms with Crippen LogP contribution in [-0.4, -0.2) is 26.2 Å². The molecule has 0 bridgehead atoms. The van der Waals surface area contributed by atoms with Crippen molar-refractivity contribution in [3.63, 3.8) is 0 Å². The van der Waals surface area contributed by atoms with Gasteiger partial charge in [-0.2, -0.15) is 0 Å². The van der Waals surface area contributed by atoms with E-state index in [0.29, 0.717) is 5.75 Å². The molecule has 0 aromatic heterocycles. The Bertz CT molecular complexity index is 786. The van der Waals surface area contributed by atoms with Gasteiger partial charge in [-0.1, -0.05) is 36.4 Å². The molecule has 0 saturated heterocycles. The van der Waals surface area contributed by atoms with Gasteiger partial charge < -0.3 is 20.1 Å². The topological polar surface area (TPSA) is 59.6 Å². The molecule has 0 radical (unpaired) electrons. The molecule has 130 valence electrons. The van der Waals surface area contributed by atoms with Crippen LogP contribution in [0.4, 0.5) is 5.69 Å². The first-order valence-electron chi connectivity index (χ1n) is 8.27. The Morgan fingerprint density at radius 2 is 2.16 bits per heavy atom. The molecule has 1 aliphatic heterocycles. The zero-order valence-corrected chi connectivity index (χ0v) is 14.4. The number of carbonyl (C=O) groups excluding carboxylic acids is 1. The third kappa shape index (κ3) is 4.19. The highest BCUT2D eigenvalue weighted by Crippen LogP contribution is 2.30. The van der Waals surface area contributed by atoms with Crippen molar-refractivity contribution in [2.24, 2.45) is 0 Å². The highest BCUT2D eigenvalue weighted by atomic mass is 16.5. The van der Waals surface area contributed by atoms with Gasteiger partial charge in [-0.3, -0.25) is 4.79 Å². The Balaban J connectivity index is 1.59. The molecule has 1 unspecified atom stereocenters. The lowest BCUT2D eigenvalue weighted by molar-refractivity contribution is -0.118. The molecule has 0 spiro atoms. The fraction of sp³-hybridized carbons (Fsp3) is 0.250. The predicted octanol–water partition coefficient (Wildman–Crippen LogP) is 3.39. The Labute approximate surface area is 147 Å². The minimum atomic E-state index is -0.120. The number of nitrogens with one attached hydrogen (secondary N) is 2. The van der Waals surface area contributed by atoms with E-state index in [1.165, 1.54) is 0 Å². The zero-order chi connectivity index (χ0) is 17.6. The van der Waals surface area contributed by atoms with Crippen molar-refractivity contribution < 1.29 is 14.3 Å². The summed E-state index contributed by atoms with van der Waals surface area (Å²) in [6.07, 6.45) is 4.11. The van der Waals surface area contributed by atoms with E-state index in [4.69, 9.17) is 9.47 Å². The molecule has 0 fully saturated rings. The smallest absolute Gasteiger partial charge is 0.262 e. The normalized spacial score (nSPS) is 14.6. The number of amides is 1. The average Bonchev–Trinajstić information content (AvgIpc) is 2.64.